The molecular weight excluding hydrogens is 311 g/mol. The molecule has 0 heterocycles. The van der Waals surface area contributed by atoms with Crippen molar-refractivity contribution in [2.75, 3.05) is 12.4 Å². The first-order chi connectivity index (χ1) is 10.4. The summed E-state index contributed by atoms with van der Waals surface area (Å²) < 4.78 is 18.7. The van der Waals surface area contributed by atoms with Gasteiger partial charge in [-0.1, -0.05) is 13.0 Å². The van der Waals surface area contributed by atoms with Crippen LogP contribution in [0.15, 0.2) is 23.1 Å². The summed E-state index contributed by atoms with van der Waals surface area (Å²) in [5, 5.41) is 8.96. The molecule has 0 aromatic heterocycles. The Morgan fingerprint density at radius 1 is 1.36 bits per heavy atom. The Kier molecular flexibility index (Phi) is 7.04. The fraction of sp³-hybridized carbons (Fsp3) is 0.400. The summed E-state index contributed by atoms with van der Waals surface area (Å²) in [6.45, 7) is 3.04. The number of thioether (sulfide) groups is 1. The number of carboxylic acid groups (broad SMARTS) is 1. The molecule has 5 nitrogen and oxygen atoms in total. The fourth-order valence-corrected chi connectivity index (χ4v) is 2.53. The molecule has 0 spiro atoms. The molecule has 1 aromatic carbocycles. The molecule has 0 saturated carbocycles. The molecule has 0 amide bonds. The van der Waals surface area contributed by atoms with Crippen LogP contribution in [-0.2, 0) is 14.3 Å². The molecule has 1 unspecified atom stereocenters. The molecule has 22 heavy (non-hydrogen) atoms. The van der Waals surface area contributed by atoms with Gasteiger partial charge < -0.3 is 9.84 Å². The van der Waals surface area contributed by atoms with Crippen LogP contribution in [0.25, 0.3) is 0 Å². The summed E-state index contributed by atoms with van der Waals surface area (Å²) in [7, 11) is 0. The zero-order valence-corrected chi connectivity index (χ0v) is 13.1. The smallest absolute Gasteiger partial charge is 0.314 e. The van der Waals surface area contributed by atoms with Gasteiger partial charge in [-0.05, 0) is 18.6 Å². The van der Waals surface area contributed by atoms with E-state index >= 15 is 0 Å². The van der Waals surface area contributed by atoms with Crippen LogP contribution in [0, 0.1) is 11.7 Å². The highest BCUT2D eigenvalue weighted by molar-refractivity contribution is 7.99. The van der Waals surface area contributed by atoms with Crippen molar-refractivity contribution in [3.8, 4) is 0 Å². The molecule has 120 valence electrons. The summed E-state index contributed by atoms with van der Waals surface area (Å²) >= 11 is 1.15. The number of rotatable bonds is 8. The van der Waals surface area contributed by atoms with Crippen molar-refractivity contribution in [1.29, 1.82) is 0 Å². The molecule has 1 rings (SSSR count). The lowest BCUT2D eigenvalue weighted by Crippen LogP contribution is -2.23. The standard InChI is InChI=1S/C15H17FO5S/c1-3-11(15(19)20)14(18)10-4-5-13(12(16)8-10)22-7-6-21-9(2)17/h4-5,8,11H,3,6-7H2,1-2H3,(H,19,20). The Bertz CT molecular complexity index is 573. The van der Waals surface area contributed by atoms with Gasteiger partial charge in [-0.15, -0.1) is 11.8 Å². The van der Waals surface area contributed by atoms with Crippen LogP contribution in [0.1, 0.15) is 30.6 Å². The van der Waals surface area contributed by atoms with Gasteiger partial charge >= 0.3 is 11.9 Å². The highest BCUT2D eigenvalue weighted by Crippen LogP contribution is 2.24. The lowest BCUT2D eigenvalue weighted by molar-refractivity contribution is -0.141. The van der Waals surface area contributed by atoms with Crippen molar-refractivity contribution in [2.45, 2.75) is 25.2 Å². The SMILES string of the molecule is CCC(C(=O)O)C(=O)c1ccc(SCCOC(C)=O)c(F)c1. The van der Waals surface area contributed by atoms with E-state index in [1.807, 2.05) is 0 Å². The number of ether oxygens (including phenoxy) is 1. The molecule has 0 aliphatic rings. The number of hydrogen-bond donors (Lipinski definition) is 1. The van der Waals surface area contributed by atoms with Crippen LogP contribution in [0.3, 0.4) is 0 Å². The molecule has 1 atom stereocenters. The number of carbonyl (C=O) groups is 3. The zero-order chi connectivity index (χ0) is 16.7. The first-order valence-electron chi connectivity index (χ1n) is 6.69. The Hall–Kier alpha value is -1.89. The van der Waals surface area contributed by atoms with Crippen molar-refractivity contribution < 1.29 is 28.6 Å². The summed E-state index contributed by atoms with van der Waals surface area (Å²) in [5.41, 5.74) is 0.0380. The van der Waals surface area contributed by atoms with E-state index in [4.69, 9.17) is 9.84 Å². The molecule has 0 bridgehead atoms. The van der Waals surface area contributed by atoms with Crippen molar-refractivity contribution in [3.05, 3.63) is 29.6 Å². The van der Waals surface area contributed by atoms with Gasteiger partial charge in [-0.2, -0.15) is 0 Å². The Labute approximate surface area is 131 Å². The number of esters is 1. The topological polar surface area (TPSA) is 80.7 Å². The fourth-order valence-electron chi connectivity index (χ4n) is 1.78. The van der Waals surface area contributed by atoms with Crippen LogP contribution >= 0.6 is 11.8 Å². The van der Waals surface area contributed by atoms with Gasteiger partial charge in [-0.3, -0.25) is 14.4 Å². The third kappa shape index (κ3) is 5.14. The number of benzene rings is 1. The number of halogens is 1. The third-order valence-corrected chi connectivity index (χ3v) is 3.90. The molecule has 1 N–H and O–H groups in total. The minimum Gasteiger partial charge on any atom is -0.481 e. The first kappa shape index (κ1) is 18.2. The molecular formula is C15H17FO5S. The molecule has 0 aliphatic heterocycles. The van der Waals surface area contributed by atoms with E-state index in [0.717, 1.165) is 17.8 Å². The summed E-state index contributed by atoms with van der Waals surface area (Å²) in [6.07, 6.45) is 0.147. The van der Waals surface area contributed by atoms with Crippen molar-refractivity contribution in [2.24, 2.45) is 5.92 Å². The number of Topliss-reactive ketones (excluding diaryl/α,β-unsaturated/α-hetero) is 1. The van der Waals surface area contributed by atoms with Crippen LogP contribution < -0.4 is 0 Å². The summed E-state index contributed by atoms with van der Waals surface area (Å²) in [5.74, 6) is -3.60. The van der Waals surface area contributed by atoms with E-state index in [2.05, 4.69) is 0 Å². The van der Waals surface area contributed by atoms with E-state index in [9.17, 15) is 18.8 Å². The third-order valence-electron chi connectivity index (χ3n) is 2.89. The normalized spacial score (nSPS) is 11.8. The minimum atomic E-state index is -1.22. The maximum absolute atomic E-state index is 13.9. The number of hydrogen-bond acceptors (Lipinski definition) is 5. The van der Waals surface area contributed by atoms with E-state index in [0.29, 0.717) is 10.6 Å². The van der Waals surface area contributed by atoms with Crippen LogP contribution in [0.4, 0.5) is 4.39 Å². The monoisotopic (exact) mass is 328 g/mol. The van der Waals surface area contributed by atoms with E-state index in [1.165, 1.54) is 19.1 Å². The number of aliphatic carboxylic acids is 1. The summed E-state index contributed by atoms with van der Waals surface area (Å²) in [4.78, 5) is 33.9. The van der Waals surface area contributed by atoms with Gasteiger partial charge in [-0.25, -0.2) is 4.39 Å². The Morgan fingerprint density at radius 3 is 2.55 bits per heavy atom. The van der Waals surface area contributed by atoms with E-state index < -0.39 is 29.5 Å². The molecule has 7 heteroatoms. The quantitative estimate of drug-likeness (QED) is 0.260. The lowest BCUT2D eigenvalue weighted by Gasteiger charge is -2.10. The average molecular weight is 328 g/mol. The number of carbonyl (C=O) groups excluding carboxylic acids is 2. The summed E-state index contributed by atoms with van der Waals surface area (Å²) in [6, 6.07) is 3.88. The predicted octanol–water partition coefficient (Wildman–Crippen LogP) is 2.77. The molecule has 0 saturated heterocycles. The lowest BCUT2D eigenvalue weighted by atomic mass is 9.95. The second-order valence-corrected chi connectivity index (χ2v) is 5.63. The van der Waals surface area contributed by atoms with Crippen LogP contribution in [0.2, 0.25) is 0 Å². The average Bonchev–Trinajstić information content (AvgIpc) is 2.44. The number of carboxylic acids is 1. The van der Waals surface area contributed by atoms with Crippen molar-refractivity contribution in [1.82, 2.24) is 0 Å². The maximum Gasteiger partial charge on any atom is 0.314 e. The Balaban J connectivity index is 2.74. The second kappa shape index (κ2) is 8.53. The molecule has 0 aliphatic carbocycles. The molecule has 0 radical (unpaired) electrons. The minimum absolute atomic E-state index is 0.0380. The van der Waals surface area contributed by atoms with Crippen LogP contribution in [0.5, 0.6) is 0 Å². The second-order valence-electron chi connectivity index (χ2n) is 4.50. The molecule has 0 fully saturated rings. The van der Waals surface area contributed by atoms with Gasteiger partial charge in [0.1, 0.15) is 18.3 Å². The van der Waals surface area contributed by atoms with Crippen LogP contribution in [-0.4, -0.2) is 35.2 Å². The Morgan fingerprint density at radius 2 is 2.05 bits per heavy atom. The maximum atomic E-state index is 13.9. The highest BCUT2D eigenvalue weighted by atomic mass is 32.2. The van der Waals surface area contributed by atoms with E-state index in [1.54, 1.807) is 6.92 Å². The molecule has 1 aromatic rings. The zero-order valence-electron chi connectivity index (χ0n) is 12.3. The van der Waals surface area contributed by atoms with Gasteiger partial charge in [0.25, 0.3) is 0 Å². The van der Waals surface area contributed by atoms with Gasteiger partial charge in [0, 0.05) is 23.1 Å². The van der Waals surface area contributed by atoms with Crippen molar-refractivity contribution >= 4 is 29.5 Å². The first-order valence-corrected chi connectivity index (χ1v) is 7.68. The number of ketones is 1. The highest BCUT2D eigenvalue weighted by Gasteiger charge is 2.25. The van der Waals surface area contributed by atoms with Gasteiger partial charge in [0.2, 0.25) is 0 Å². The van der Waals surface area contributed by atoms with Gasteiger partial charge in [0.15, 0.2) is 5.78 Å². The van der Waals surface area contributed by atoms with Crippen molar-refractivity contribution in [3.63, 3.8) is 0 Å². The van der Waals surface area contributed by atoms with E-state index in [-0.39, 0.29) is 18.6 Å². The largest absolute Gasteiger partial charge is 0.481 e. The van der Waals surface area contributed by atoms with Gasteiger partial charge in [0.05, 0.1) is 0 Å². The predicted molar refractivity (Wildman–Crippen MR) is 79.5 cm³/mol.